The standard InChI is InChI=1S/C27H34N4O8/c1-7-39-29-11(2)13-10-16(30(3)4)14-8-12-9-15-20(31(5)6)23(34)19(26(28)37)25(36)27(15,38)24(35)17(12)22(33)18(14)21(13)32/h10,12,15,20,32-33,36,38H,7-9H2,1-6H3,(H2,28,37)/t12-,15+,20+,27+/m1/s1. The molecule has 0 radical (unpaired) electrons. The van der Waals surface area contributed by atoms with Gasteiger partial charge in [-0.05, 0) is 58.3 Å². The number of ketones is 2. The summed E-state index contributed by atoms with van der Waals surface area (Å²) < 4.78 is 0. The minimum atomic E-state index is -2.69. The van der Waals surface area contributed by atoms with Crippen LogP contribution in [0.5, 0.6) is 5.75 Å². The van der Waals surface area contributed by atoms with Crippen molar-refractivity contribution in [2.45, 2.75) is 38.3 Å². The summed E-state index contributed by atoms with van der Waals surface area (Å²) in [7, 11) is 6.71. The third kappa shape index (κ3) is 3.97. The molecule has 0 saturated heterocycles. The van der Waals surface area contributed by atoms with Gasteiger partial charge in [0.25, 0.3) is 5.91 Å². The lowest BCUT2D eigenvalue weighted by Gasteiger charge is -2.50. The first-order valence-corrected chi connectivity index (χ1v) is 12.6. The highest BCUT2D eigenvalue weighted by Gasteiger charge is 2.64. The van der Waals surface area contributed by atoms with E-state index in [1.165, 1.54) is 4.90 Å². The van der Waals surface area contributed by atoms with Gasteiger partial charge in [0.1, 0.15) is 29.4 Å². The molecule has 0 spiro atoms. The van der Waals surface area contributed by atoms with Crippen LogP contribution >= 0.6 is 0 Å². The Labute approximate surface area is 225 Å². The Balaban J connectivity index is 2.00. The third-order valence-electron chi connectivity index (χ3n) is 7.90. The molecule has 1 amide bonds. The number of carbonyl (C=O) groups excluding carboxylic acids is 3. The van der Waals surface area contributed by atoms with Gasteiger partial charge in [0.15, 0.2) is 11.4 Å². The Kier molecular flexibility index (Phi) is 6.98. The van der Waals surface area contributed by atoms with Crippen molar-refractivity contribution in [3.8, 4) is 5.75 Å². The second kappa shape index (κ2) is 9.69. The molecule has 0 bridgehead atoms. The van der Waals surface area contributed by atoms with Gasteiger partial charge in [-0.25, -0.2) is 0 Å². The Morgan fingerprint density at radius 1 is 1.21 bits per heavy atom. The molecule has 0 unspecified atom stereocenters. The number of fused-ring (bicyclic) bond motifs is 3. The summed E-state index contributed by atoms with van der Waals surface area (Å²) in [6.45, 7) is 3.68. The molecule has 4 rings (SSSR count). The van der Waals surface area contributed by atoms with E-state index in [2.05, 4.69) is 5.16 Å². The summed E-state index contributed by atoms with van der Waals surface area (Å²) in [5.74, 6) is -6.92. The molecule has 39 heavy (non-hydrogen) atoms. The first-order chi connectivity index (χ1) is 18.2. The number of nitrogens with zero attached hydrogens (tertiary/aromatic N) is 3. The Morgan fingerprint density at radius 3 is 2.38 bits per heavy atom. The van der Waals surface area contributed by atoms with Crippen molar-refractivity contribution in [2.24, 2.45) is 22.7 Å². The van der Waals surface area contributed by atoms with E-state index < -0.39 is 58.0 Å². The summed E-state index contributed by atoms with van der Waals surface area (Å²) in [5.41, 5.74) is 3.45. The van der Waals surface area contributed by atoms with Crippen molar-refractivity contribution in [1.29, 1.82) is 0 Å². The number of likely N-dealkylation sites (N-methyl/N-ethyl adjacent to an activating group) is 1. The fourth-order valence-electron chi connectivity index (χ4n) is 6.18. The van der Waals surface area contributed by atoms with E-state index in [9.17, 15) is 34.8 Å². The van der Waals surface area contributed by atoms with Gasteiger partial charge < -0.3 is 35.9 Å². The molecule has 6 N–H and O–H groups in total. The number of anilines is 1. The van der Waals surface area contributed by atoms with Gasteiger partial charge in [-0.15, -0.1) is 0 Å². The lowest BCUT2D eigenvalue weighted by molar-refractivity contribution is -0.153. The Hall–Kier alpha value is -3.90. The van der Waals surface area contributed by atoms with Crippen molar-refractivity contribution >= 4 is 34.6 Å². The van der Waals surface area contributed by atoms with Crippen LogP contribution in [-0.4, -0.2) is 95.0 Å². The molecule has 3 aliphatic carbocycles. The summed E-state index contributed by atoms with van der Waals surface area (Å²) in [5, 5.41) is 49.5. The quantitative estimate of drug-likeness (QED) is 0.195. The number of Topliss-reactive ketones (excluding diaryl/α,β-unsaturated/α-hetero) is 2. The lowest BCUT2D eigenvalue weighted by atomic mass is 9.57. The van der Waals surface area contributed by atoms with Crippen molar-refractivity contribution < 1.29 is 39.6 Å². The molecular weight excluding hydrogens is 508 g/mol. The highest BCUT2D eigenvalue weighted by Crippen LogP contribution is 2.54. The number of carbonyl (C=O) groups is 3. The average molecular weight is 543 g/mol. The normalized spacial score (nSPS) is 26.9. The Morgan fingerprint density at radius 2 is 1.85 bits per heavy atom. The maximum Gasteiger partial charge on any atom is 0.255 e. The second-order valence-corrected chi connectivity index (χ2v) is 10.6. The predicted molar refractivity (Wildman–Crippen MR) is 142 cm³/mol. The highest BCUT2D eigenvalue weighted by molar-refractivity contribution is 6.24. The molecule has 0 aliphatic heterocycles. The molecule has 0 heterocycles. The van der Waals surface area contributed by atoms with Gasteiger partial charge in [-0.2, -0.15) is 0 Å². The summed E-state index contributed by atoms with van der Waals surface area (Å²) >= 11 is 0. The molecule has 3 aliphatic rings. The molecule has 12 heteroatoms. The molecule has 1 aromatic carbocycles. The predicted octanol–water partition coefficient (Wildman–Crippen LogP) is 0.791. The highest BCUT2D eigenvalue weighted by atomic mass is 16.6. The number of aliphatic hydroxyl groups excluding tert-OH is 2. The van der Waals surface area contributed by atoms with E-state index in [0.717, 1.165) is 0 Å². The van der Waals surface area contributed by atoms with Gasteiger partial charge in [0.2, 0.25) is 5.78 Å². The lowest BCUT2D eigenvalue weighted by Crippen LogP contribution is -2.65. The minimum absolute atomic E-state index is 0.00135. The van der Waals surface area contributed by atoms with Gasteiger partial charge in [0.05, 0.1) is 17.3 Å². The van der Waals surface area contributed by atoms with Crippen LogP contribution in [0.4, 0.5) is 5.69 Å². The number of benzene rings is 1. The third-order valence-corrected chi connectivity index (χ3v) is 7.90. The maximum absolute atomic E-state index is 14.0. The maximum atomic E-state index is 14.0. The number of primary amides is 1. The number of hydrogen-bond acceptors (Lipinski definition) is 11. The minimum Gasteiger partial charge on any atom is -0.508 e. The zero-order chi connectivity index (χ0) is 29.1. The molecule has 4 atom stereocenters. The van der Waals surface area contributed by atoms with E-state index in [4.69, 9.17) is 10.6 Å². The number of aliphatic hydroxyl groups is 3. The summed E-state index contributed by atoms with van der Waals surface area (Å²) in [6.07, 6.45) is 0.212. The van der Waals surface area contributed by atoms with Crippen LogP contribution in [0, 0.1) is 11.8 Å². The molecule has 12 nitrogen and oxygen atoms in total. The van der Waals surface area contributed by atoms with E-state index in [0.29, 0.717) is 23.6 Å². The van der Waals surface area contributed by atoms with Crippen LogP contribution in [0.1, 0.15) is 37.0 Å². The number of rotatable bonds is 6. The molecule has 0 aromatic heterocycles. The molecule has 1 aromatic rings. The zero-order valence-corrected chi connectivity index (χ0v) is 22.8. The van der Waals surface area contributed by atoms with E-state index in [1.807, 2.05) is 0 Å². The number of amides is 1. The first-order valence-electron chi connectivity index (χ1n) is 12.6. The van der Waals surface area contributed by atoms with Gasteiger partial charge in [-0.3, -0.25) is 19.3 Å². The topological polar surface area (TPSA) is 186 Å². The number of nitrogens with two attached hydrogens (primary N) is 1. The number of phenols is 1. The summed E-state index contributed by atoms with van der Waals surface area (Å²) in [4.78, 5) is 47.7. The van der Waals surface area contributed by atoms with Crippen LogP contribution in [0.25, 0.3) is 5.76 Å². The Bertz CT molecular complexity index is 1380. The van der Waals surface area contributed by atoms with E-state index >= 15 is 0 Å². The summed E-state index contributed by atoms with van der Waals surface area (Å²) in [6, 6.07) is 0.579. The number of aromatic hydroxyl groups is 1. The van der Waals surface area contributed by atoms with Gasteiger partial charge in [-0.1, -0.05) is 5.16 Å². The fraction of sp³-hybridized carbons (Fsp3) is 0.481. The molecule has 1 fully saturated rings. The first kappa shape index (κ1) is 28.1. The second-order valence-electron chi connectivity index (χ2n) is 10.6. The van der Waals surface area contributed by atoms with Crippen LogP contribution in [0.2, 0.25) is 0 Å². The molecule has 1 saturated carbocycles. The number of phenolic OH excluding ortho intramolecular Hbond substituents is 1. The van der Waals surface area contributed by atoms with Crippen LogP contribution in [0.15, 0.2) is 28.1 Å². The molecule has 210 valence electrons. The van der Waals surface area contributed by atoms with E-state index in [1.54, 1.807) is 53.0 Å². The van der Waals surface area contributed by atoms with Gasteiger partial charge >= 0.3 is 0 Å². The monoisotopic (exact) mass is 542 g/mol. The smallest absolute Gasteiger partial charge is 0.255 e. The van der Waals surface area contributed by atoms with Crippen molar-refractivity contribution in [2.75, 3.05) is 39.7 Å². The van der Waals surface area contributed by atoms with Crippen molar-refractivity contribution in [3.63, 3.8) is 0 Å². The van der Waals surface area contributed by atoms with Crippen molar-refractivity contribution in [3.05, 3.63) is 39.7 Å². The van der Waals surface area contributed by atoms with Crippen LogP contribution in [0.3, 0.4) is 0 Å². The van der Waals surface area contributed by atoms with E-state index in [-0.39, 0.29) is 35.3 Å². The number of hydrogen-bond donors (Lipinski definition) is 5. The van der Waals surface area contributed by atoms with Crippen molar-refractivity contribution in [1.82, 2.24) is 4.90 Å². The van der Waals surface area contributed by atoms with Gasteiger partial charge in [0, 0.05) is 36.8 Å². The van der Waals surface area contributed by atoms with Crippen LogP contribution < -0.4 is 10.6 Å². The molecular formula is C27H34N4O8. The zero-order valence-electron chi connectivity index (χ0n) is 22.8. The fourth-order valence-corrected chi connectivity index (χ4v) is 6.18. The van der Waals surface area contributed by atoms with Crippen LogP contribution in [-0.2, 0) is 25.6 Å². The SMILES string of the molecule is CCON=C(C)c1cc(N(C)C)c2c(c1O)C(O)=C1C(=O)[C@]3(O)C(O)=C(C(N)=O)C(=O)[C@@H](N(C)C)[C@@H]3C[C@H]1C2. The number of oxime groups is 1. The average Bonchev–Trinajstić information content (AvgIpc) is 2.84. The largest absolute Gasteiger partial charge is 0.508 e.